The molecule has 0 amide bonds. The first kappa shape index (κ1) is 30.0. The number of furan rings is 1. The molecule has 0 atom stereocenters. The van der Waals surface area contributed by atoms with Gasteiger partial charge in [0.25, 0.3) is 0 Å². The van der Waals surface area contributed by atoms with E-state index in [1.807, 2.05) is 12.1 Å². The second-order valence-electron chi connectivity index (χ2n) is 13.3. The summed E-state index contributed by atoms with van der Waals surface area (Å²) in [6.45, 7) is 0. The highest BCUT2D eigenvalue weighted by molar-refractivity contribution is 6.19. The van der Waals surface area contributed by atoms with Crippen LogP contribution in [-0.4, -0.2) is 0 Å². The summed E-state index contributed by atoms with van der Waals surface area (Å²) in [5.41, 5.74) is 12.3. The summed E-state index contributed by atoms with van der Waals surface area (Å²) in [5.74, 6) is 0. The van der Waals surface area contributed by atoms with Crippen LogP contribution in [0.25, 0.3) is 76.9 Å². The van der Waals surface area contributed by atoms with Gasteiger partial charge in [0, 0.05) is 27.7 Å². The molecule has 2 nitrogen and oxygen atoms in total. The van der Waals surface area contributed by atoms with Gasteiger partial charge in [-0.3, -0.25) is 0 Å². The Morgan fingerprint density at radius 2 is 0.885 bits per heavy atom. The van der Waals surface area contributed by atoms with E-state index < -0.39 is 0 Å². The van der Waals surface area contributed by atoms with Crippen LogP contribution >= 0.6 is 0 Å². The van der Waals surface area contributed by atoms with Gasteiger partial charge in [-0.2, -0.15) is 0 Å². The molecule has 9 aromatic carbocycles. The molecule has 0 unspecified atom stereocenters. The van der Waals surface area contributed by atoms with Crippen LogP contribution < -0.4 is 4.90 Å². The van der Waals surface area contributed by atoms with Gasteiger partial charge in [-0.15, -0.1) is 0 Å². The van der Waals surface area contributed by atoms with E-state index in [9.17, 15) is 0 Å². The number of fused-ring (bicyclic) bond motifs is 6. The summed E-state index contributed by atoms with van der Waals surface area (Å²) >= 11 is 0. The Morgan fingerprint density at radius 3 is 1.69 bits per heavy atom. The zero-order chi connectivity index (χ0) is 34.4. The van der Waals surface area contributed by atoms with Crippen molar-refractivity contribution in [1.82, 2.24) is 0 Å². The lowest BCUT2D eigenvalue weighted by molar-refractivity contribution is 0.669. The molecule has 10 rings (SSSR count). The van der Waals surface area contributed by atoms with Crippen LogP contribution in [0.3, 0.4) is 0 Å². The Labute approximate surface area is 302 Å². The lowest BCUT2D eigenvalue weighted by atomic mass is 9.95. The minimum Gasteiger partial charge on any atom is -0.456 e. The fourth-order valence-corrected chi connectivity index (χ4v) is 7.74. The zero-order valence-corrected chi connectivity index (χ0v) is 28.4. The largest absolute Gasteiger partial charge is 0.456 e. The molecule has 0 aliphatic rings. The maximum atomic E-state index is 6.22. The summed E-state index contributed by atoms with van der Waals surface area (Å²) in [6, 6.07) is 71.8. The molecule has 244 valence electrons. The number of anilines is 3. The van der Waals surface area contributed by atoms with Gasteiger partial charge in [0.15, 0.2) is 0 Å². The maximum Gasteiger partial charge on any atom is 0.136 e. The first-order chi connectivity index (χ1) is 25.8. The molecule has 0 fully saturated rings. The average molecular weight is 664 g/mol. The Bertz CT molecular complexity index is 2880. The third-order valence-electron chi connectivity index (χ3n) is 10.3. The molecule has 52 heavy (non-hydrogen) atoms. The van der Waals surface area contributed by atoms with Crippen LogP contribution in [0.2, 0.25) is 0 Å². The smallest absolute Gasteiger partial charge is 0.136 e. The molecule has 0 spiro atoms. The van der Waals surface area contributed by atoms with E-state index in [0.717, 1.165) is 39.2 Å². The normalized spacial score (nSPS) is 11.5. The highest BCUT2D eigenvalue weighted by Crippen LogP contribution is 2.44. The van der Waals surface area contributed by atoms with Gasteiger partial charge in [0.05, 0.1) is 5.69 Å². The van der Waals surface area contributed by atoms with Crippen molar-refractivity contribution in [3.05, 3.63) is 200 Å². The molecular weight excluding hydrogens is 631 g/mol. The number of hydrogen-bond acceptors (Lipinski definition) is 2. The fraction of sp³-hybridized carbons (Fsp3) is 0. The van der Waals surface area contributed by atoms with Gasteiger partial charge >= 0.3 is 0 Å². The van der Waals surface area contributed by atoms with Gasteiger partial charge in [0.1, 0.15) is 11.2 Å². The summed E-state index contributed by atoms with van der Waals surface area (Å²) in [7, 11) is 0. The van der Waals surface area contributed by atoms with Crippen LogP contribution in [0, 0.1) is 0 Å². The Morgan fingerprint density at radius 1 is 0.327 bits per heavy atom. The van der Waals surface area contributed by atoms with Crippen molar-refractivity contribution in [1.29, 1.82) is 0 Å². The van der Waals surface area contributed by atoms with Crippen LogP contribution in [0.4, 0.5) is 17.1 Å². The standard InChI is InChI=1S/C50H33NO/c1-2-11-34(12-3-1)35-23-28-40(29-24-35)51(47-19-8-6-16-44(47)43-18-10-14-37-13-4-5-15-42(37)43)41-30-25-36(26-31-41)39-22-21-38-27-32-49-50(46(38)33-39)45-17-7-9-20-48(45)52-49/h1-33H. The Hall–Kier alpha value is -6.90. The molecule has 1 aromatic heterocycles. The van der Waals surface area contributed by atoms with Gasteiger partial charge in [-0.1, -0.05) is 152 Å². The molecule has 0 bridgehead atoms. The molecule has 0 aliphatic carbocycles. The number of rotatable bonds is 6. The van der Waals surface area contributed by atoms with Crippen molar-refractivity contribution in [2.45, 2.75) is 0 Å². The molecular formula is C50H33NO. The van der Waals surface area contributed by atoms with Crippen molar-refractivity contribution in [3.63, 3.8) is 0 Å². The fourth-order valence-electron chi connectivity index (χ4n) is 7.74. The van der Waals surface area contributed by atoms with E-state index in [0.29, 0.717) is 0 Å². The van der Waals surface area contributed by atoms with E-state index in [4.69, 9.17) is 4.42 Å². The summed E-state index contributed by atoms with van der Waals surface area (Å²) < 4.78 is 6.22. The monoisotopic (exact) mass is 663 g/mol. The maximum absolute atomic E-state index is 6.22. The average Bonchev–Trinajstić information content (AvgIpc) is 3.61. The van der Waals surface area contributed by atoms with Crippen LogP contribution in [0.1, 0.15) is 0 Å². The van der Waals surface area contributed by atoms with Gasteiger partial charge in [0.2, 0.25) is 0 Å². The van der Waals surface area contributed by atoms with Crippen molar-refractivity contribution in [2.75, 3.05) is 4.90 Å². The quantitative estimate of drug-likeness (QED) is 0.176. The van der Waals surface area contributed by atoms with Gasteiger partial charge in [-0.25, -0.2) is 0 Å². The molecule has 2 heteroatoms. The van der Waals surface area contributed by atoms with Crippen molar-refractivity contribution < 1.29 is 4.42 Å². The van der Waals surface area contributed by atoms with Gasteiger partial charge in [-0.05, 0) is 97.9 Å². The molecule has 0 saturated carbocycles. The Balaban J connectivity index is 1.11. The van der Waals surface area contributed by atoms with E-state index in [2.05, 4.69) is 193 Å². The second-order valence-corrected chi connectivity index (χ2v) is 13.3. The lowest BCUT2D eigenvalue weighted by Gasteiger charge is -2.28. The summed E-state index contributed by atoms with van der Waals surface area (Å²) in [5, 5.41) is 7.19. The van der Waals surface area contributed by atoms with E-state index in [1.165, 1.54) is 54.7 Å². The number of para-hydroxylation sites is 2. The number of hydrogen-bond donors (Lipinski definition) is 0. The minimum atomic E-state index is 0.917. The lowest BCUT2D eigenvalue weighted by Crippen LogP contribution is -2.11. The molecule has 0 aliphatic heterocycles. The van der Waals surface area contributed by atoms with Gasteiger partial charge < -0.3 is 9.32 Å². The third kappa shape index (κ3) is 5.12. The summed E-state index contributed by atoms with van der Waals surface area (Å²) in [4.78, 5) is 2.39. The highest BCUT2D eigenvalue weighted by Gasteiger charge is 2.19. The van der Waals surface area contributed by atoms with E-state index >= 15 is 0 Å². The van der Waals surface area contributed by atoms with Crippen molar-refractivity contribution in [2.24, 2.45) is 0 Å². The van der Waals surface area contributed by atoms with Crippen LogP contribution in [-0.2, 0) is 0 Å². The third-order valence-corrected chi connectivity index (χ3v) is 10.3. The first-order valence-corrected chi connectivity index (χ1v) is 17.8. The molecule has 10 aromatic rings. The molecule has 0 N–H and O–H groups in total. The summed E-state index contributed by atoms with van der Waals surface area (Å²) in [6.07, 6.45) is 0. The predicted octanol–water partition coefficient (Wildman–Crippen LogP) is 14.4. The molecule has 0 saturated heterocycles. The van der Waals surface area contributed by atoms with Crippen LogP contribution in [0.15, 0.2) is 205 Å². The highest BCUT2D eigenvalue weighted by atomic mass is 16.3. The topological polar surface area (TPSA) is 16.4 Å². The predicted molar refractivity (Wildman–Crippen MR) is 220 cm³/mol. The van der Waals surface area contributed by atoms with E-state index in [-0.39, 0.29) is 0 Å². The second kappa shape index (κ2) is 12.5. The molecule has 0 radical (unpaired) electrons. The van der Waals surface area contributed by atoms with Crippen molar-refractivity contribution in [3.8, 4) is 33.4 Å². The minimum absolute atomic E-state index is 0.917. The van der Waals surface area contributed by atoms with Crippen LogP contribution in [0.5, 0.6) is 0 Å². The Kier molecular flexibility index (Phi) is 7.18. The zero-order valence-electron chi connectivity index (χ0n) is 28.4. The first-order valence-electron chi connectivity index (χ1n) is 17.8. The number of nitrogens with zero attached hydrogens (tertiary/aromatic N) is 1. The SMILES string of the molecule is c1ccc(-c2ccc(N(c3ccc(-c4ccc5ccc6oc7ccccc7c6c5c4)cc3)c3ccccc3-c3cccc4ccccc34)cc2)cc1. The number of benzene rings is 9. The van der Waals surface area contributed by atoms with E-state index in [1.54, 1.807) is 0 Å². The van der Waals surface area contributed by atoms with Crippen molar-refractivity contribution >= 4 is 60.5 Å². The molecule has 1 heterocycles.